The molecule has 0 bridgehead atoms. The average molecular weight is 351 g/mol. The molecule has 0 amide bonds. The van der Waals surface area contributed by atoms with E-state index in [9.17, 15) is 0 Å². The van der Waals surface area contributed by atoms with Gasteiger partial charge in [0, 0.05) is 25.0 Å². The van der Waals surface area contributed by atoms with Gasteiger partial charge in [0.25, 0.3) is 0 Å². The van der Waals surface area contributed by atoms with Crippen molar-refractivity contribution in [3.05, 3.63) is 47.7 Å². The molecule has 0 saturated carbocycles. The summed E-state index contributed by atoms with van der Waals surface area (Å²) in [6.07, 6.45) is 20.7. The highest BCUT2D eigenvalue weighted by molar-refractivity contribution is 6.69. The molecule has 0 radical (unpaired) electrons. The van der Waals surface area contributed by atoms with Crippen LogP contribution in [0.2, 0.25) is 0 Å². The molecule has 0 N–H and O–H groups in total. The normalized spacial score (nSPS) is 20.7. The number of hydrogen-bond donors (Lipinski definition) is 0. The summed E-state index contributed by atoms with van der Waals surface area (Å²) in [7, 11) is -2.87. The van der Waals surface area contributed by atoms with E-state index in [1.54, 1.807) is 0 Å². The van der Waals surface area contributed by atoms with Crippen LogP contribution in [0.15, 0.2) is 47.7 Å². The third-order valence-corrected chi connectivity index (χ3v) is 6.51. The van der Waals surface area contributed by atoms with Crippen LogP contribution in [-0.2, 0) is 13.3 Å². The fourth-order valence-electron chi connectivity index (χ4n) is 2.20. The van der Waals surface area contributed by atoms with Gasteiger partial charge in [0.1, 0.15) is 0 Å². The molecule has 0 fully saturated rings. The van der Waals surface area contributed by atoms with Gasteiger partial charge in [-0.25, -0.2) is 0 Å². The lowest BCUT2D eigenvalue weighted by atomic mass is 10.3. The van der Waals surface area contributed by atoms with Crippen LogP contribution in [0.25, 0.3) is 0 Å². The lowest BCUT2D eigenvalue weighted by Crippen LogP contribution is -2.48. The largest absolute Gasteiger partial charge is 0.537 e. The van der Waals surface area contributed by atoms with E-state index in [-0.39, 0.29) is 0 Å². The molecular weight excluding hydrogens is 316 g/mol. The van der Waals surface area contributed by atoms with Crippen molar-refractivity contribution in [2.75, 3.05) is 19.8 Å². The maximum atomic E-state index is 6.32. The van der Waals surface area contributed by atoms with E-state index < -0.39 is 8.80 Å². The molecule has 4 heteroatoms. The lowest BCUT2D eigenvalue weighted by molar-refractivity contribution is 0.0661. The molecule has 136 valence electrons. The lowest BCUT2D eigenvalue weighted by Gasteiger charge is -2.31. The van der Waals surface area contributed by atoms with Crippen molar-refractivity contribution in [3.63, 3.8) is 0 Å². The highest BCUT2D eigenvalue weighted by Crippen LogP contribution is 2.24. The van der Waals surface area contributed by atoms with Gasteiger partial charge in [-0.1, -0.05) is 82.6 Å². The molecule has 0 spiro atoms. The fourth-order valence-corrected chi connectivity index (χ4v) is 4.79. The zero-order valence-electron chi connectivity index (χ0n) is 15.6. The van der Waals surface area contributed by atoms with Gasteiger partial charge >= 0.3 is 8.80 Å². The Morgan fingerprint density at radius 2 is 1.12 bits per heavy atom. The van der Waals surface area contributed by atoms with Crippen LogP contribution < -0.4 is 0 Å². The van der Waals surface area contributed by atoms with Gasteiger partial charge in [-0.3, -0.25) is 0 Å². The molecule has 0 saturated heterocycles. The van der Waals surface area contributed by atoms with Crippen LogP contribution in [0, 0.1) is 0 Å². The number of rotatable bonds is 13. The molecule has 0 aromatic rings. The van der Waals surface area contributed by atoms with Gasteiger partial charge in [0.05, 0.1) is 0 Å². The number of allylic oxidation sites excluding steroid dienone is 8. The molecule has 24 heavy (non-hydrogen) atoms. The first-order valence-corrected chi connectivity index (χ1v) is 11.2. The number of unbranched alkanes of at least 4 members (excludes halogenated alkanes) is 3. The summed E-state index contributed by atoms with van der Waals surface area (Å²) < 4.78 is 18.9. The molecule has 3 nitrogen and oxygen atoms in total. The van der Waals surface area contributed by atoms with Crippen molar-refractivity contribution >= 4 is 8.80 Å². The predicted molar refractivity (Wildman–Crippen MR) is 104 cm³/mol. The van der Waals surface area contributed by atoms with Crippen LogP contribution in [0.5, 0.6) is 0 Å². The van der Waals surface area contributed by atoms with E-state index in [4.69, 9.17) is 13.3 Å². The molecule has 0 aromatic carbocycles. The molecule has 0 unspecified atom stereocenters. The van der Waals surface area contributed by atoms with Crippen LogP contribution in [-0.4, -0.2) is 28.6 Å². The summed E-state index contributed by atoms with van der Waals surface area (Å²) in [5, 5.41) is 1.05. The Labute approximate surface area is 149 Å². The van der Waals surface area contributed by atoms with E-state index in [2.05, 4.69) is 32.9 Å². The molecule has 0 aliphatic heterocycles. The summed E-state index contributed by atoms with van der Waals surface area (Å²) in [5.41, 5.74) is 0. The van der Waals surface area contributed by atoms with Gasteiger partial charge in [0.15, 0.2) is 0 Å². The Morgan fingerprint density at radius 3 is 1.62 bits per heavy atom. The minimum Gasteiger partial charge on any atom is -0.370 e. The molecular formula is C20H34O3Si. The third kappa shape index (κ3) is 7.75. The van der Waals surface area contributed by atoms with Gasteiger partial charge < -0.3 is 13.3 Å². The highest BCUT2D eigenvalue weighted by Gasteiger charge is 2.44. The van der Waals surface area contributed by atoms with E-state index in [0.29, 0.717) is 19.8 Å². The third-order valence-electron chi connectivity index (χ3n) is 3.72. The van der Waals surface area contributed by atoms with Crippen molar-refractivity contribution in [1.82, 2.24) is 0 Å². The summed E-state index contributed by atoms with van der Waals surface area (Å²) >= 11 is 0. The zero-order chi connectivity index (χ0) is 17.5. The minimum absolute atomic E-state index is 0.686. The molecule has 0 aromatic heterocycles. The van der Waals surface area contributed by atoms with Crippen molar-refractivity contribution < 1.29 is 13.3 Å². The Morgan fingerprint density at radius 1 is 0.667 bits per heavy atom. The first kappa shape index (κ1) is 21.1. The number of hydrogen-bond acceptors (Lipinski definition) is 3. The summed E-state index contributed by atoms with van der Waals surface area (Å²) in [5.74, 6) is 0. The fraction of sp³-hybridized carbons (Fsp3) is 0.600. The second-order valence-electron chi connectivity index (χ2n) is 5.91. The molecule has 0 atom stereocenters. The Balaban J connectivity index is 3.00. The van der Waals surface area contributed by atoms with Crippen molar-refractivity contribution in [2.24, 2.45) is 0 Å². The quantitative estimate of drug-likeness (QED) is 0.323. The Hall–Kier alpha value is -0.943. The summed E-state index contributed by atoms with van der Waals surface area (Å²) in [4.78, 5) is 0. The van der Waals surface area contributed by atoms with Crippen LogP contribution in [0.3, 0.4) is 0 Å². The van der Waals surface area contributed by atoms with Crippen molar-refractivity contribution in [3.8, 4) is 0 Å². The van der Waals surface area contributed by atoms with E-state index in [1.807, 2.05) is 30.4 Å². The Kier molecular flexibility index (Phi) is 11.7. The van der Waals surface area contributed by atoms with Crippen LogP contribution >= 0.6 is 0 Å². The second kappa shape index (κ2) is 13.4. The van der Waals surface area contributed by atoms with E-state index in [0.717, 1.165) is 43.7 Å². The minimum atomic E-state index is -2.87. The van der Waals surface area contributed by atoms with E-state index in [1.165, 1.54) is 0 Å². The molecule has 1 aliphatic rings. The monoisotopic (exact) mass is 350 g/mol. The van der Waals surface area contributed by atoms with Crippen molar-refractivity contribution in [1.29, 1.82) is 0 Å². The average Bonchev–Trinajstić information content (AvgIpc) is 2.55. The first-order chi connectivity index (χ1) is 11.8. The second-order valence-corrected chi connectivity index (χ2v) is 8.47. The molecule has 1 aliphatic carbocycles. The maximum absolute atomic E-state index is 6.32. The topological polar surface area (TPSA) is 27.7 Å². The van der Waals surface area contributed by atoms with Crippen LogP contribution in [0.4, 0.5) is 0 Å². The van der Waals surface area contributed by atoms with Gasteiger partial charge in [0.2, 0.25) is 0 Å². The van der Waals surface area contributed by atoms with Gasteiger partial charge in [-0.05, 0) is 19.3 Å². The van der Waals surface area contributed by atoms with Crippen molar-refractivity contribution in [2.45, 2.75) is 59.3 Å². The maximum Gasteiger partial charge on any atom is 0.537 e. The van der Waals surface area contributed by atoms with Gasteiger partial charge in [-0.2, -0.15) is 0 Å². The Bertz CT molecular complexity index is 412. The summed E-state index contributed by atoms with van der Waals surface area (Å²) in [6.45, 7) is 8.57. The SMILES string of the molecule is CCCCO[Si](OCCCC)(OCCCC)C1=C/C=C\C=C/C=C\1. The predicted octanol–water partition coefficient (Wildman–Crippen LogP) is 5.52. The zero-order valence-corrected chi connectivity index (χ0v) is 16.6. The smallest absolute Gasteiger partial charge is 0.370 e. The van der Waals surface area contributed by atoms with E-state index >= 15 is 0 Å². The molecule has 1 rings (SSSR count). The molecule has 0 heterocycles. The van der Waals surface area contributed by atoms with Gasteiger partial charge in [-0.15, -0.1) is 0 Å². The van der Waals surface area contributed by atoms with Crippen LogP contribution in [0.1, 0.15) is 59.3 Å². The standard InChI is InChI=1S/C20H34O3Si/c1-4-7-17-21-24(22-18-8-5-2,23-19-9-6-3)20-15-13-11-10-12-14-16-20/h10-16H,4-9,17-19H2,1-3H3/b11-10-,12-10?,13-11?,14-12-,15-13-,16-14?,20-15?,20-16+. The first-order valence-electron chi connectivity index (χ1n) is 9.43. The summed E-state index contributed by atoms with van der Waals surface area (Å²) in [6, 6.07) is 0. The highest BCUT2D eigenvalue weighted by atomic mass is 28.4.